The summed E-state index contributed by atoms with van der Waals surface area (Å²) < 4.78 is 1.82. The molecule has 3 aromatic heterocycles. The molecule has 1 fully saturated rings. The molecule has 0 amide bonds. The second kappa shape index (κ2) is 6.42. The van der Waals surface area contributed by atoms with Crippen LogP contribution in [0.3, 0.4) is 0 Å². The van der Waals surface area contributed by atoms with Crippen LogP contribution >= 0.6 is 0 Å². The number of aryl methyl sites for hydroxylation is 1. The van der Waals surface area contributed by atoms with Gasteiger partial charge in [-0.25, -0.2) is 4.52 Å². The molecule has 0 radical (unpaired) electrons. The number of anilines is 3. The van der Waals surface area contributed by atoms with E-state index in [1.54, 1.807) is 0 Å². The number of hydrogen-bond donors (Lipinski definition) is 3. The van der Waals surface area contributed by atoms with Gasteiger partial charge in [0.15, 0.2) is 11.6 Å². The highest BCUT2D eigenvalue weighted by Gasteiger charge is 2.25. The third-order valence-corrected chi connectivity index (χ3v) is 4.83. The van der Waals surface area contributed by atoms with Crippen LogP contribution in [0.1, 0.15) is 35.6 Å². The van der Waals surface area contributed by atoms with Gasteiger partial charge in [-0.1, -0.05) is 29.8 Å². The Hall–Kier alpha value is -3.35. The summed E-state index contributed by atoms with van der Waals surface area (Å²) in [5.41, 5.74) is 4.58. The van der Waals surface area contributed by atoms with Gasteiger partial charge in [0, 0.05) is 30.4 Å². The largest absolute Gasteiger partial charge is 0.364 e. The Kier molecular flexibility index (Phi) is 3.78. The fourth-order valence-electron chi connectivity index (χ4n) is 3.13. The smallest absolute Gasteiger partial charge is 0.248 e. The molecular weight excluding hydrogens is 338 g/mol. The van der Waals surface area contributed by atoms with Crippen molar-refractivity contribution in [3.8, 4) is 0 Å². The maximum atomic E-state index is 4.66. The van der Waals surface area contributed by atoms with E-state index in [1.807, 2.05) is 28.9 Å². The van der Waals surface area contributed by atoms with Crippen molar-refractivity contribution in [3.05, 3.63) is 65.5 Å². The number of rotatable bonds is 6. The van der Waals surface area contributed by atoms with Crippen LogP contribution in [0.4, 0.5) is 17.6 Å². The van der Waals surface area contributed by atoms with Gasteiger partial charge in [0.2, 0.25) is 5.95 Å². The molecule has 27 heavy (non-hydrogen) atoms. The third-order valence-electron chi connectivity index (χ3n) is 4.83. The molecule has 1 aliphatic carbocycles. The van der Waals surface area contributed by atoms with Crippen molar-refractivity contribution in [2.45, 2.75) is 32.2 Å². The van der Waals surface area contributed by atoms with Crippen molar-refractivity contribution in [3.63, 3.8) is 0 Å². The number of aromatic amines is 1. The first-order valence-electron chi connectivity index (χ1n) is 9.22. The monoisotopic (exact) mass is 359 g/mol. The summed E-state index contributed by atoms with van der Waals surface area (Å²) in [6, 6.07) is 14.5. The van der Waals surface area contributed by atoms with Gasteiger partial charge >= 0.3 is 0 Å². The Morgan fingerprint density at radius 3 is 2.85 bits per heavy atom. The highest BCUT2D eigenvalue weighted by atomic mass is 15.3. The van der Waals surface area contributed by atoms with Crippen LogP contribution in [-0.2, 0) is 6.54 Å². The number of hydrogen-bond acceptors (Lipinski definition) is 5. The number of fused-ring (bicyclic) bond motifs is 1. The van der Waals surface area contributed by atoms with Crippen LogP contribution in [0.25, 0.3) is 5.52 Å². The molecule has 0 bridgehead atoms. The van der Waals surface area contributed by atoms with Gasteiger partial charge in [-0.15, -0.1) is 5.10 Å². The van der Waals surface area contributed by atoms with Crippen LogP contribution in [0.15, 0.2) is 48.7 Å². The van der Waals surface area contributed by atoms with Crippen molar-refractivity contribution in [2.75, 3.05) is 10.6 Å². The van der Waals surface area contributed by atoms with Crippen molar-refractivity contribution in [2.24, 2.45) is 0 Å². The van der Waals surface area contributed by atoms with Gasteiger partial charge in [-0.2, -0.15) is 10.1 Å². The molecule has 0 aliphatic heterocycles. The van der Waals surface area contributed by atoms with E-state index in [0.29, 0.717) is 18.4 Å². The van der Waals surface area contributed by atoms with Crippen LogP contribution in [0.5, 0.6) is 0 Å². The molecule has 5 rings (SSSR count). The minimum absolute atomic E-state index is 0.513. The minimum Gasteiger partial charge on any atom is -0.364 e. The topological polar surface area (TPSA) is 82.9 Å². The molecule has 136 valence electrons. The molecule has 1 aromatic carbocycles. The summed E-state index contributed by atoms with van der Waals surface area (Å²) >= 11 is 0. The molecule has 1 saturated carbocycles. The quantitative estimate of drug-likeness (QED) is 0.485. The lowest BCUT2D eigenvalue weighted by Gasteiger charge is -2.10. The first-order valence-corrected chi connectivity index (χ1v) is 9.22. The van der Waals surface area contributed by atoms with Gasteiger partial charge < -0.3 is 10.6 Å². The number of H-pyrrole nitrogens is 1. The van der Waals surface area contributed by atoms with E-state index in [2.05, 4.69) is 62.1 Å². The zero-order chi connectivity index (χ0) is 18.2. The van der Waals surface area contributed by atoms with E-state index in [9.17, 15) is 0 Å². The molecule has 3 N–H and O–H groups in total. The molecular formula is C20H21N7. The van der Waals surface area contributed by atoms with Gasteiger partial charge in [-0.05, 0) is 37.5 Å². The average molecular weight is 359 g/mol. The van der Waals surface area contributed by atoms with Gasteiger partial charge in [0.25, 0.3) is 0 Å². The lowest BCUT2D eigenvalue weighted by Crippen LogP contribution is -2.08. The van der Waals surface area contributed by atoms with Crippen molar-refractivity contribution in [1.82, 2.24) is 24.8 Å². The molecule has 7 nitrogen and oxygen atoms in total. The fourth-order valence-corrected chi connectivity index (χ4v) is 3.13. The normalized spacial score (nSPS) is 13.8. The van der Waals surface area contributed by atoms with Crippen LogP contribution in [-0.4, -0.2) is 24.8 Å². The SMILES string of the molecule is Cc1ccc(CNc2nc(Nc3cc(C4CC4)[nH]n3)nn3cccc23)cc1. The molecule has 0 spiro atoms. The average Bonchev–Trinajstić information content (AvgIpc) is 3.23. The Bertz CT molecular complexity index is 1070. The van der Waals surface area contributed by atoms with Crippen LogP contribution < -0.4 is 10.6 Å². The second-order valence-corrected chi connectivity index (χ2v) is 7.07. The Labute approximate surface area is 156 Å². The van der Waals surface area contributed by atoms with E-state index in [0.717, 1.165) is 17.2 Å². The number of nitrogens with zero attached hydrogens (tertiary/aromatic N) is 4. The molecule has 7 heteroatoms. The van der Waals surface area contributed by atoms with Crippen molar-refractivity contribution >= 4 is 23.1 Å². The fraction of sp³-hybridized carbons (Fsp3) is 0.250. The molecule has 3 heterocycles. The maximum absolute atomic E-state index is 4.66. The standard InChI is InChI=1S/C20H21N7/c1-13-4-6-14(7-5-13)12-21-19-17-3-2-10-27(17)26-20(23-19)22-18-11-16(24-25-18)15-8-9-15/h2-7,10-11,15H,8-9,12H2,1H3,(H3,21,22,23,24,25,26). The van der Waals surface area contributed by atoms with E-state index < -0.39 is 0 Å². The molecule has 0 unspecified atom stereocenters. The number of nitrogens with one attached hydrogen (secondary N) is 3. The lowest BCUT2D eigenvalue weighted by molar-refractivity contribution is 0.905. The van der Waals surface area contributed by atoms with E-state index >= 15 is 0 Å². The zero-order valence-corrected chi connectivity index (χ0v) is 15.1. The number of benzene rings is 1. The lowest BCUT2D eigenvalue weighted by atomic mass is 10.1. The highest BCUT2D eigenvalue weighted by molar-refractivity contribution is 5.69. The van der Waals surface area contributed by atoms with Gasteiger partial charge in [0.1, 0.15) is 5.52 Å². The van der Waals surface area contributed by atoms with Crippen LogP contribution in [0, 0.1) is 6.92 Å². The van der Waals surface area contributed by atoms with Crippen molar-refractivity contribution in [1.29, 1.82) is 0 Å². The summed E-state index contributed by atoms with van der Waals surface area (Å²) in [5, 5.41) is 18.6. The van der Waals surface area contributed by atoms with Crippen LogP contribution in [0.2, 0.25) is 0 Å². The Morgan fingerprint density at radius 1 is 1.19 bits per heavy atom. The predicted molar refractivity (Wildman–Crippen MR) is 105 cm³/mol. The third kappa shape index (κ3) is 3.36. The summed E-state index contributed by atoms with van der Waals surface area (Å²) in [6.07, 6.45) is 4.39. The highest BCUT2D eigenvalue weighted by Crippen LogP contribution is 2.39. The van der Waals surface area contributed by atoms with Crippen molar-refractivity contribution < 1.29 is 0 Å². The zero-order valence-electron chi connectivity index (χ0n) is 15.1. The maximum Gasteiger partial charge on any atom is 0.248 e. The molecule has 0 atom stereocenters. The number of aromatic nitrogens is 5. The van der Waals surface area contributed by atoms with Gasteiger partial charge in [0.05, 0.1) is 0 Å². The predicted octanol–water partition coefficient (Wildman–Crippen LogP) is 3.99. The summed E-state index contributed by atoms with van der Waals surface area (Å²) in [5.74, 6) is 2.68. The molecule has 1 aliphatic rings. The first-order chi connectivity index (χ1) is 13.2. The summed E-state index contributed by atoms with van der Waals surface area (Å²) in [4.78, 5) is 4.66. The first kappa shape index (κ1) is 15.9. The molecule has 4 aromatic rings. The minimum atomic E-state index is 0.513. The van der Waals surface area contributed by atoms with E-state index in [1.165, 1.54) is 29.7 Å². The Balaban J connectivity index is 1.39. The Morgan fingerprint density at radius 2 is 2.04 bits per heavy atom. The van der Waals surface area contributed by atoms with E-state index in [4.69, 9.17) is 0 Å². The summed E-state index contributed by atoms with van der Waals surface area (Å²) in [7, 11) is 0. The van der Waals surface area contributed by atoms with E-state index in [-0.39, 0.29) is 0 Å². The second-order valence-electron chi connectivity index (χ2n) is 7.07. The van der Waals surface area contributed by atoms with Gasteiger partial charge in [-0.3, -0.25) is 5.10 Å². The summed E-state index contributed by atoms with van der Waals surface area (Å²) in [6.45, 7) is 2.79. The molecule has 0 saturated heterocycles.